The highest BCUT2D eigenvalue weighted by molar-refractivity contribution is 5.99. The number of halogens is 2. The van der Waals surface area contributed by atoms with Gasteiger partial charge in [0.05, 0.1) is 25.3 Å². The summed E-state index contributed by atoms with van der Waals surface area (Å²) in [5, 5.41) is 2.64. The van der Waals surface area contributed by atoms with Crippen LogP contribution in [-0.4, -0.2) is 33.3 Å². The zero-order valence-corrected chi connectivity index (χ0v) is 15.2. The highest BCUT2D eigenvalue weighted by Gasteiger charge is 2.42. The minimum atomic E-state index is -1.00. The normalized spacial score (nSPS) is 15.9. The second kappa shape index (κ2) is 7.92. The van der Waals surface area contributed by atoms with Gasteiger partial charge < -0.3 is 19.5 Å². The first kappa shape index (κ1) is 19.1. The number of amides is 1. The molecule has 0 bridgehead atoms. The van der Waals surface area contributed by atoms with Crippen molar-refractivity contribution in [2.75, 3.05) is 32.8 Å². The summed E-state index contributed by atoms with van der Waals surface area (Å²) in [4.78, 5) is 13.2. The number of benzene rings is 2. The van der Waals surface area contributed by atoms with Gasteiger partial charge in [-0.15, -0.1) is 0 Å². The van der Waals surface area contributed by atoms with Crippen LogP contribution in [0.5, 0.6) is 11.5 Å². The molecule has 1 N–H and O–H groups in total. The maximum absolute atomic E-state index is 14.4. The van der Waals surface area contributed by atoms with Crippen molar-refractivity contribution in [3.8, 4) is 11.5 Å². The van der Waals surface area contributed by atoms with E-state index in [-0.39, 0.29) is 11.4 Å². The number of carbonyl (C=O) groups excluding carboxylic acids is 1. The number of hydrogen-bond acceptors (Lipinski definition) is 4. The zero-order chi connectivity index (χ0) is 19.4. The van der Waals surface area contributed by atoms with Crippen LogP contribution < -0.4 is 14.8 Å². The number of carbonyl (C=O) groups is 1. The number of anilines is 1. The third kappa shape index (κ3) is 3.73. The molecule has 1 fully saturated rings. The number of nitrogens with one attached hydrogen (secondary N) is 1. The molecule has 2 aromatic carbocycles. The van der Waals surface area contributed by atoms with Gasteiger partial charge in [-0.2, -0.15) is 0 Å². The molecule has 1 aliphatic heterocycles. The molecule has 5 nitrogen and oxygen atoms in total. The molecule has 1 aliphatic rings. The van der Waals surface area contributed by atoms with Crippen LogP contribution in [0.4, 0.5) is 14.5 Å². The van der Waals surface area contributed by atoms with E-state index in [1.165, 1.54) is 32.4 Å². The van der Waals surface area contributed by atoms with E-state index in [0.717, 1.165) is 6.07 Å². The first-order valence-electron chi connectivity index (χ1n) is 8.57. The molecule has 0 saturated carbocycles. The van der Waals surface area contributed by atoms with Crippen molar-refractivity contribution in [2.45, 2.75) is 18.3 Å². The molecule has 1 amide bonds. The van der Waals surface area contributed by atoms with Crippen molar-refractivity contribution >= 4 is 11.6 Å². The highest BCUT2D eigenvalue weighted by Crippen LogP contribution is 2.38. The lowest BCUT2D eigenvalue weighted by atomic mass is 9.73. The summed E-state index contributed by atoms with van der Waals surface area (Å²) >= 11 is 0. The second-order valence-corrected chi connectivity index (χ2v) is 6.35. The smallest absolute Gasteiger partial charge is 0.235 e. The number of rotatable bonds is 5. The third-order valence-electron chi connectivity index (χ3n) is 4.88. The van der Waals surface area contributed by atoms with Crippen molar-refractivity contribution in [3.05, 3.63) is 53.6 Å². The average Bonchev–Trinajstić information content (AvgIpc) is 2.69. The van der Waals surface area contributed by atoms with Crippen molar-refractivity contribution in [2.24, 2.45) is 0 Å². The Morgan fingerprint density at radius 2 is 1.74 bits per heavy atom. The van der Waals surface area contributed by atoms with E-state index in [9.17, 15) is 13.6 Å². The molecule has 0 radical (unpaired) electrons. The van der Waals surface area contributed by atoms with Gasteiger partial charge in [-0.3, -0.25) is 4.79 Å². The van der Waals surface area contributed by atoms with Crippen LogP contribution in [-0.2, 0) is 14.9 Å². The van der Waals surface area contributed by atoms with E-state index < -0.39 is 23.0 Å². The number of methoxy groups -OCH3 is 2. The summed E-state index contributed by atoms with van der Waals surface area (Å²) in [6.07, 6.45) is 0.744. The van der Waals surface area contributed by atoms with Crippen LogP contribution in [0, 0.1) is 11.6 Å². The highest BCUT2D eigenvalue weighted by atomic mass is 19.1. The van der Waals surface area contributed by atoms with Crippen LogP contribution in [0.15, 0.2) is 36.4 Å². The molecular weight excluding hydrogens is 356 g/mol. The summed E-state index contributed by atoms with van der Waals surface area (Å²) in [7, 11) is 2.82. The van der Waals surface area contributed by atoms with E-state index in [0.29, 0.717) is 37.4 Å². The van der Waals surface area contributed by atoms with Crippen LogP contribution in [0.3, 0.4) is 0 Å². The lowest BCUT2D eigenvalue weighted by Crippen LogP contribution is -2.45. The van der Waals surface area contributed by atoms with E-state index in [2.05, 4.69) is 5.32 Å². The summed E-state index contributed by atoms with van der Waals surface area (Å²) in [5.74, 6) is -0.978. The second-order valence-electron chi connectivity index (χ2n) is 6.35. The first-order chi connectivity index (χ1) is 13.0. The fourth-order valence-electron chi connectivity index (χ4n) is 3.34. The van der Waals surface area contributed by atoms with Gasteiger partial charge in [-0.25, -0.2) is 8.78 Å². The molecular formula is C20H21F2NO4. The molecule has 7 heteroatoms. The SMILES string of the molecule is COc1cc(F)c(NC(=O)C2(c3cccc(F)c3)CCOCC2)cc1OC. The largest absolute Gasteiger partial charge is 0.493 e. The average molecular weight is 377 g/mol. The van der Waals surface area contributed by atoms with Crippen molar-refractivity contribution in [1.29, 1.82) is 0 Å². The lowest BCUT2D eigenvalue weighted by molar-refractivity contribution is -0.125. The predicted octanol–water partition coefficient (Wildman–Crippen LogP) is 3.67. The van der Waals surface area contributed by atoms with Crippen molar-refractivity contribution in [3.63, 3.8) is 0 Å². The minimum absolute atomic E-state index is 0.0279. The minimum Gasteiger partial charge on any atom is -0.493 e. The first-order valence-corrected chi connectivity index (χ1v) is 8.57. The van der Waals surface area contributed by atoms with Crippen LogP contribution >= 0.6 is 0 Å². The fraction of sp³-hybridized carbons (Fsp3) is 0.350. The van der Waals surface area contributed by atoms with Gasteiger partial charge in [-0.1, -0.05) is 12.1 Å². The molecule has 3 rings (SSSR count). The Labute approximate surface area is 156 Å². The van der Waals surface area contributed by atoms with Crippen LogP contribution in [0.2, 0.25) is 0 Å². The van der Waals surface area contributed by atoms with Gasteiger partial charge in [0.1, 0.15) is 5.82 Å². The molecule has 2 aromatic rings. The van der Waals surface area contributed by atoms with E-state index in [1.807, 2.05) is 0 Å². The Balaban J connectivity index is 1.97. The maximum atomic E-state index is 14.4. The van der Waals surface area contributed by atoms with Gasteiger partial charge in [0.25, 0.3) is 0 Å². The van der Waals surface area contributed by atoms with Crippen molar-refractivity contribution in [1.82, 2.24) is 0 Å². The third-order valence-corrected chi connectivity index (χ3v) is 4.88. The number of ether oxygens (including phenoxy) is 3. The Morgan fingerprint density at radius 3 is 2.37 bits per heavy atom. The van der Waals surface area contributed by atoms with Crippen LogP contribution in [0.25, 0.3) is 0 Å². The van der Waals surface area contributed by atoms with E-state index >= 15 is 0 Å². The lowest BCUT2D eigenvalue weighted by Gasteiger charge is -2.36. The summed E-state index contributed by atoms with van der Waals surface area (Å²) in [6, 6.07) is 8.45. The molecule has 1 saturated heterocycles. The molecule has 0 unspecified atom stereocenters. The van der Waals surface area contributed by atoms with Gasteiger partial charge in [0.15, 0.2) is 17.3 Å². The van der Waals surface area contributed by atoms with Gasteiger partial charge in [0.2, 0.25) is 5.91 Å². The topological polar surface area (TPSA) is 56.8 Å². The Hall–Kier alpha value is -2.67. The van der Waals surface area contributed by atoms with Gasteiger partial charge in [0, 0.05) is 25.3 Å². The molecule has 144 valence electrons. The van der Waals surface area contributed by atoms with E-state index in [4.69, 9.17) is 14.2 Å². The van der Waals surface area contributed by atoms with Gasteiger partial charge >= 0.3 is 0 Å². The Kier molecular flexibility index (Phi) is 5.60. The summed E-state index contributed by atoms with van der Waals surface area (Å²) in [6.45, 7) is 0.719. The Morgan fingerprint density at radius 1 is 1.07 bits per heavy atom. The number of hydrogen-bond donors (Lipinski definition) is 1. The molecule has 0 aliphatic carbocycles. The van der Waals surface area contributed by atoms with Gasteiger partial charge in [-0.05, 0) is 30.5 Å². The van der Waals surface area contributed by atoms with Crippen LogP contribution in [0.1, 0.15) is 18.4 Å². The Bertz CT molecular complexity index is 835. The summed E-state index contributed by atoms with van der Waals surface area (Å²) in [5.41, 5.74) is -0.482. The van der Waals surface area contributed by atoms with Crippen molar-refractivity contribution < 1.29 is 27.8 Å². The predicted molar refractivity (Wildman–Crippen MR) is 96.3 cm³/mol. The zero-order valence-electron chi connectivity index (χ0n) is 15.2. The molecule has 27 heavy (non-hydrogen) atoms. The monoisotopic (exact) mass is 377 g/mol. The maximum Gasteiger partial charge on any atom is 0.235 e. The molecule has 0 spiro atoms. The molecule has 1 heterocycles. The fourth-order valence-corrected chi connectivity index (χ4v) is 3.34. The summed E-state index contributed by atoms with van der Waals surface area (Å²) < 4.78 is 43.8. The standard InChI is InChI=1S/C20H21F2NO4/c1-25-17-11-15(22)16(12-18(17)26-2)23-19(24)20(6-8-27-9-7-20)13-4-3-5-14(21)10-13/h3-5,10-12H,6-9H2,1-2H3,(H,23,24). The molecule has 0 aromatic heterocycles. The quantitative estimate of drug-likeness (QED) is 0.864. The van der Waals surface area contributed by atoms with E-state index in [1.54, 1.807) is 12.1 Å². The molecule has 0 atom stereocenters.